The first-order valence-corrected chi connectivity index (χ1v) is 7.39. The number of rotatable bonds is 7. The van der Waals surface area contributed by atoms with Crippen LogP contribution in [0.4, 0.5) is 11.8 Å². The third-order valence-electron chi connectivity index (χ3n) is 3.32. The fraction of sp³-hybridized carbons (Fsp3) is 0.312. The van der Waals surface area contributed by atoms with Gasteiger partial charge in [-0.1, -0.05) is 19.4 Å². The second kappa shape index (κ2) is 7.40. The zero-order valence-electron chi connectivity index (χ0n) is 13.0. The van der Waals surface area contributed by atoms with Gasteiger partial charge in [0.2, 0.25) is 5.95 Å². The van der Waals surface area contributed by atoms with Crippen molar-refractivity contribution in [1.29, 1.82) is 5.41 Å². The summed E-state index contributed by atoms with van der Waals surface area (Å²) in [6.45, 7) is 2.99. The fourth-order valence-corrected chi connectivity index (χ4v) is 2.21. The lowest BCUT2D eigenvalue weighted by atomic mass is 10.0. The zero-order chi connectivity index (χ0) is 15.9. The highest BCUT2D eigenvalue weighted by atomic mass is 15.1. The predicted octanol–water partition coefficient (Wildman–Crippen LogP) is 2.63. The molecule has 116 valence electrons. The number of hydrogen-bond donors (Lipinski definition) is 4. The van der Waals surface area contributed by atoms with Crippen LogP contribution in [0.15, 0.2) is 24.4 Å². The van der Waals surface area contributed by atoms with Gasteiger partial charge in [-0.05, 0) is 24.1 Å². The molecule has 0 fully saturated rings. The summed E-state index contributed by atoms with van der Waals surface area (Å²) in [5, 5.41) is 14.7. The Morgan fingerprint density at radius 2 is 2.18 bits per heavy atom. The molecule has 0 aliphatic rings. The maximum atomic E-state index is 7.53. The van der Waals surface area contributed by atoms with E-state index in [0.29, 0.717) is 0 Å². The Hall–Kier alpha value is -2.63. The van der Waals surface area contributed by atoms with Gasteiger partial charge < -0.3 is 21.8 Å². The van der Waals surface area contributed by atoms with Gasteiger partial charge in [-0.2, -0.15) is 4.98 Å². The van der Waals surface area contributed by atoms with Crippen LogP contribution in [0.3, 0.4) is 0 Å². The van der Waals surface area contributed by atoms with Crippen LogP contribution in [0.25, 0.3) is 16.5 Å². The van der Waals surface area contributed by atoms with Gasteiger partial charge in [0.1, 0.15) is 5.82 Å². The first-order valence-electron chi connectivity index (χ1n) is 7.39. The Labute approximate surface area is 130 Å². The Kier molecular flexibility index (Phi) is 5.30. The van der Waals surface area contributed by atoms with E-state index < -0.39 is 0 Å². The van der Waals surface area contributed by atoms with Gasteiger partial charge in [-0.25, -0.2) is 4.98 Å². The maximum Gasteiger partial charge on any atom is 0.222 e. The van der Waals surface area contributed by atoms with Crippen LogP contribution >= 0.6 is 0 Å². The van der Waals surface area contributed by atoms with E-state index in [2.05, 4.69) is 27.5 Å². The number of benzene rings is 1. The molecular weight excluding hydrogens is 276 g/mol. The number of unbranched alkanes of at least 4 members (excludes halogenated alkanes) is 1. The fourth-order valence-electron chi connectivity index (χ4n) is 2.21. The second-order valence-electron chi connectivity index (χ2n) is 4.98. The van der Waals surface area contributed by atoms with Crippen LogP contribution in [0.5, 0.6) is 0 Å². The van der Waals surface area contributed by atoms with E-state index >= 15 is 0 Å². The van der Waals surface area contributed by atoms with Crippen LogP contribution in [-0.2, 0) is 0 Å². The summed E-state index contributed by atoms with van der Waals surface area (Å²) in [7, 11) is 1.81. The molecule has 0 bridgehead atoms. The number of fused-ring (bicyclic) bond motifs is 1. The second-order valence-corrected chi connectivity index (χ2v) is 4.98. The van der Waals surface area contributed by atoms with Gasteiger partial charge in [-0.3, -0.25) is 0 Å². The molecule has 2 aromatic rings. The lowest BCUT2D eigenvalue weighted by Crippen LogP contribution is -2.07. The maximum absolute atomic E-state index is 7.53. The summed E-state index contributed by atoms with van der Waals surface area (Å²) in [5.41, 5.74) is 8.30. The van der Waals surface area contributed by atoms with Gasteiger partial charge in [0.25, 0.3) is 0 Å². The van der Waals surface area contributed by atoms with Crippen molar-refractivity contribution < 1.29 is 0 Å². The average molecular weight is 298 g/mol. The lowest BCUT2D eigenvalue weighted by molar-refractivity contribution is 0.832. The zero-order valence-corrected chi connectivity index (χ0v) is 13.0. The number of anilines is 2. The van der Waals surface area contributed by atoms with Crippen molar-refractivity contribution in [3.8, 4) is 0 Å². The van der Waals surface area contributed by atoms with Crippen LogP contribution < -0.4 is 16.4 Å². The van der Waals surface area contributed by atoms with E-state index in [1.165, 1.54) is 6.21 Å². The minimum atomic E-state index is 0.261. The van der Waals surface area contributed by atoms with E-state index in [-0.39, 0.29) is 5.95 Å². The number of aromatic nitrogens is 2. The first-order chi connectivity index (χ1) is 10.7. The van der Waals surface area contributed by atoms with Crippen LogP contribution in [0.1, 0.15) is 25.3 Å². The number of nitrogens with one attached hydrogen (secondary N) is 3. The van der Waals surface area contributed by atoms with Crippen molar-refractivity contribution in [2.24, 2.45) is 0 Å². The number of nitrogens with two attached hydrogens (primary N) is 1. The van der Waals surface area contributed by atoms with Crippen LogP contribution in [-0.4, -0.2) is 29.8 Å². The van der Waals surface area contributed by atoms with Crippen LogP contribution in [0, 0.1) is 5.41 Å². The van der Waals surface area contributed by atoms with Crippen molar-refractivity contribution in [3.05, 3.63) is 30.0 Å². The summed E-state index contributed by atoms with van der Waals surface area (Å²) >= 11 is 0. The molecule has 0 spiro atoms. The number of hydrogen-bond acceptors (Lipinski definition) is 6. The largest absolute Gasteiger partial charge is 0.393 e. The Balaban J connectivity index is 2.48. The van der Waals surface area contributed by atoms with E-state index in [9.17, 15) is 0 Å². The Morgan fingerprint density at radius 1 is 1.36 bits per heavy atom. The molecule has 0 aliphatic heterocycles. The van der Waals surface area contributed by atoms with Gasteiger partial charge in [0.05, 0.1) is 5.52 Å². The molecule has 1 aromatic carbocycles. The third-order valence-corrected chi connectivity index (χ3v) is 3.32. The highest BCUT2D eigenvalue weighted by Crippen LogP contribution is 2.25. The Morgan fingerprint density at radius 3 is 2.86 bits per heavy atom. The predicted molar refractivity (Wildman–Crippen MR) is 93.2 cm³/mol. The van der Waals surface area contributed by atoms with Crippen molar-refractivity contribution in [2.45, 2.75) is 19.8 Å². The highest BCUT2D eigenvalue weighted by Gasteiger charge is 2.08. The molecule has 22 heavy (non-hydrogen) atoms. The van der Waals surface area contributed by atoms with Crippen molar-refractivity contribution in [3.63, 3.8) is 0 Å². The minimum absolute atomic E-state index is 0.261. The van der Waals surface area contributed by atoms with E-state index in [4.69, 9.17) is 11.1 Å². The minimum Gasteiger partial charge on any atom is -0.393 e. The molecule has 5 N–H and O–H groups in total. The van der Waals surface area contributed by atoms with Gasteiger partial charge >= 0.3 is 0 Å². The molecule has 0 atom stereocenters. The SMILES string of the molecule is CCCCNc1nc(N)nc2ccc(/C(C=N)=C/NC)cc12. The molecule has 0 unspecified atom stereocenters. The Bertz CT molecular complexity index is 692. The van der Waals surface area contributed by atoms with Crippen LogP contribution in [0.2, 0.25) is 0 Å². The molecule has 0 aliphatic carbocycles. The molecule has 0 amide bonds. The normalized spacial score (nSPS) is 11.5. The van der Waals surface area contributed by atoms with E-state index in [1.807, 2.05) is 25.2 Å². The van der Waals surface area contributed by atoms with Crippen molar-refractivity contribution in [1.82, 2.24) is 15.3 Å². The summed E-state index contributed by atoms with van der Waals surface area (Å²) in [6.07, 6.45) is 5.28. The van der Waals surface area contributed by atoms with Gasteiger partial charge in [0, 0.05) is 37.0 Å². The summed E-state index contributed by atoms with van der Waals surface area (Å²) in [5.74, 6) is 1.00. The molecule has 2 rings (SSSR count). The molecule has 0 saturated heterocycles. The highest BCUT2D eigenvalue weighted by molar-refractivity contribution is 6.09. The molecule has 1 heterocycles. The quantitative estimate of drug-likeness (QED) is 0.465. The molecule has 0 radical (unpaired) electrons. The van der Waals surface area contributed by atoms with Gasteiger partial charge in [-0.15, -0.1) is 0 Å². The summed E-state index contributed by atoms with van der Waals surface area (Å²) < 4.78 is 0. The summed E-state index contributed by atoms with van der Waals surface area (Å²) in [6, 6.07) is 5.82. The number of allylic oxidation sites excluding steroid dienone is 1. The van der Waals surface area contributed by atoms with Crippen molar-refractivity contribution >= 4 is 34.5 Å². The van der Waals surface area contributed by atoms with Gasteiger partial charge in [0.15, 0.2) is 0 Å². The average Bonchev–Trinajstić information content (AvgIpc) is 2.52. The molecule has 6 heteroatoms. The molecule has 1 aromatic heterocycles. The molecular formula is C16H22N6. The third kappa shape index (κ3) is 3.52. The van der Waals surface area contributed by atoms with Crippen molar-refractivity contribution in [2.75, 3.05) is 24.6 Å². The lowest BCUT2D eigenvalue weighted by Gasteiger charge is -2.11. The number of nitrogens with zero attached hydrogens (tertiary/aromatic N) is 2. The number of nitrogen functional groups attached to an aromatic ring is 1. The molecule has 0 saturated carbocycles. The monoisotopic (exact) mass is 298 g/mol. The van der Waals surface area contributed by atoms with E-state index in [1.54, 1.807) is 6.20 Å². The standard InChI is InChI=1S/C16H22N6/c1-3-4-7-20-15-13-8-11(12(9-17)10-19-2)5-6-14(13)21-16(18)22-15/h5-6,8-10,17,19H,3-4,7H2,1-2H3,(H3,18,20,21,22)/b12-10+,17-9?. The molecule has 6 nitrogen and oxygen atoms in total. The smallest absolute Gasteiger partial charge is 0.222 e. The first kappa shape index (κ1) is 15.8. The summed E-state index contributed by atoms with van der Waals surface area (Å²) in [4.78, 5) is 8.58. The van der Waals surface area contributed by atoms with E-state index in [0.717, 1.165) is 47.2 Å². The topological polar surface area (TPSA) is 99.7 Å².